The van der Waals surface area contributed by atoms with Crippen LogP contribution in [0.1, 0.15) is 19.4 Å². The van der Waals surface area contributed by atoms with E-state index >= 15 is 0 Å². The number of hydrogen-bond acceptors (Lipinski definition) is 5. The molecule has 1 aliphatic heterocycles. The Labute approximate surface area is 143 Å². The summed E-state index contributed by atoms with van der Waals surface area (Å²) in [6.45, 7) is 10.1. The zero-order chi connectivity index (χ0) is 16.8. The van der Waals surface area contributed by atoms with Gasteiger partial charge in [0, 0.05) is 55.7 Å². The summed E-state index contributed by atoms with van der Waals surface area (Å²) in [6.07, 6.45) is 5.55. The monoisotopic (exact) mass is 329 g/mol. The van der Waals surface area contributed by atoms with Crippen LogP contribution in [0.4, 0.5) is 0 Å². The van der Waals surface area contributed by atoms with E-state index in [0.29, 0.717) is 12.0 Å². The van der Waals surface area contributed by atoms with Crippen LogP contribution in [-0.4, -0.2) is 59.0 Å². The summed E-state index contributed by atoms with van der Waals surface area (Å²) in [6, 6.07) is 4.53. The Hall–Kier alpha value is -1.76. The van der Waals surface area contributed by atoms with E-state index in [4.69, 9.17) is 4.74 Å². The van der Waals surface area contributed by atoms with Crippen molar-refractivity contribution in [2.24, 2.45) is 5.92 Å². The number of rotatable bonds is 7. The van der Waals surface area contributed by atoms with E-state index in [2.05, 4.69) is 45.3 Å². The molecule has 0 aliphatic carbocycles. The fraction of sp³-hybridized carbons (Fsp3) is 0.556. The number of nitrogens with one attached hydrogen (secondary N) is 2. The maximum absolute atomic E-state index is 5.48. The number of ether oxygens (including phenoxy) is 1. The Kier molecular flexibility index (Phi) is 5.96. The van der Waals surface area contributed by atoms with Gasteiger partial charge in [-0.15, -0.1) is 0 Å². The molecule has 0 spiro atoms. The third kappa shape index (κ3) is 4.20. The zero-order valence-corrected chi connectivity index (χ0v) is 14.5. The van der Waals surface area contributed by atoms with Gasteiger partial charge in [0.1, 0.15) is 0 Å². The van der Waals surface area contributed by atoms with E-state index in [1.807, 2.05) is 18.5 Å². The largest absolute Gasteiger partial charge is 0.379 e. The molecule has 6 heteroatoms. The van der Waals surface area contributed by atoms with E-state index in [9.17, 15) is 0 Å². The lowest BCUT2D eigenvalue weighted by Gasteiger charge is -2.37. The Balaban J connectivity index is 1.58. The number of aromatic nitrogens is 3. The molecule has 24 heavy (non-hydrogen) atoms. The van der Waals surface area contributed by atoms with Crippen molar-refractivity contribution in [1.29, 1.82) is 0 Å². The molecule has 0 bridgehead atoms. The minimum Gasteiger partial charge on any atom is -0.379 e. The number of morpholine rings is 1. The van der Waals surface area contributed by atoms with Gasteiger partial charge in [-0.25, -0.2) is 0 Å². The second-order valence-corrected chi connectivity index (χ2v) is 6.60. The number of H-pyrrole nitrogens is 1. The highest BCUT2D eigenvalue weighted by Crippen LogP contribution is 2.20. The minimum atomic E-state index is 0.530. The number of aromatic amines is 1. The SMILES string of the molecule is CC(C)C(CNCc1cn[nH]c1-c1cccnc1)N1CCOCC1. The zero-order valence-electron chi connectivity index (χ0n) is 14.5. The van der Waals surface area contributed by atoms with Gasteiger partial charge >= 0.3 is 0 Å². The number of pyridine rings is 1. The maximum atomic E-state index is 5.48. The predicted octanol–water partition coefficient (Wildman–Crippen LogP) is 1.92. The molecule has 2 N–H and O–H groups in total. The number of nitrogens with zero attached hydrogens (tertiary/aromatic N) is 3. The molecular weight excluding hydrogens is 302 g/mol. The molecule has 1 unspecified atom stereocenters. The molecule has 6 nitrogen and oxygen atoms in total. The van der Waals surface area contributed by atoms with Crippen molar-refractivity contribution in [3.8, 4) is 11.3 Å². The summed E-state index contributed by atoms with van der Waals surface area (Å²) in [5, 5.41) is 10.9. The maximum Gasteiger partial charge on any atom is 0.0710 e. The minimum absolute atomic E-state index is 0.530. The van der Waals surface area contributed by atoms with Crippen LogP contribution < -0.4 is 5.32 Å². The third-order valence-corrected chi connectivity index (χ3v) is 4.62. The number of hydrogen-bond donors (Lipinski definition) is 2. The average molecular weight is 329 g/mol. The summed E-state index contributed by atoms with van der Waals surface area (Å²) >= 11 is 0. The lowest BCUT2D eigenvalue weighted by molar-refractivity contribution is 0.00648. The van der Waals surface area contributed by atoms with Crippen LogP contribution >= 0.6 is 0 Å². The highest BCUT2D eigenvalue weighted by atomic mass is 16.5. The van der Waals surface area contributed by atoms with Gasteiger partial charge in [0.2, 0.25) is 0 Å². The molecule has 0 radical (unpaired) electrons. The molecule has 1 aliphatic rings. The summed E-state index contributed by atoms with van der Waals surface area (Å²) in [5.74, 6) is 0.609. The Morgan fingerprint density at radius 3 is 2.83 bits per heavy atom. The molecule has 1 atom stereocenters. The first-order valence-corrected chi connectivity index (χ1v) is 8.71. The molecule has 1 saturated heterocycles. The molecule has 3 heterocycles. The van der Waals surface area contributed by atoms with Gasteiger partial charge in [-0.2, -0.15) is 5.10 Å². The van der Waals surface area contributed by atoms with Crippen molar-refractivity contribution in [3.63, 3.8) is 0 Å². The standard InChI is InChI=1S/C18H27N5O/c1-14(2)17(23-6-8-24-9-7-23)13-20-11-16-12-21-22-18(16)15-4-3-5-19-10-15/h3-5,10,12,14,17,20H,6-9,11,13H2,1-2H3,(H,21,22). The van der Waals surface area contributed by atoms with E-state index in [1.165, 1.54) is 5.56 Å². The first-order chi connectivity index (χ1) is 11.8. The predicted molar refractivity (Wildman–Crippen MR) is 94.5 cm³/mol. The smallest absolute Gasteiger partial charge is 0.0710 e. The van der Waals surface area contributed by atoms with Crippen molar-refractivity contribution >= 4 is 0 Å². The van der Waals surface area contributed by atoms with Crippen LogP contribution in [0.3, 0.4) is 0 Å². The van der Waals surface area contributed by atoms with Gasteiger partial charge in [-0.3, -0.25) is 15.0 Å². The molecule has 1 fully saturated rings. The van der Waals surface area contributed by atoms with Crippen LogP contribution in [0.15, 0.2) is 30.7 Å². The van der Waals surface area contributed by atoms with Gasteiger partial charge in [-0.05, 0) is 18.1 Å². The second kappa shape index (κ2) is 8.37. The van der Waals surface area contributed by atoms with Crippen molar-refractivity contribution in [1.82, 2.24) is 25.4 Å². The molecule has 130 valence electrons. The van der Waals surface area contributed by atoms with E-state index in [1.54, 1.807) is 6.20 Å². The fourth-order valence-electron chi connectivity index (χ4n) is 3.26. The molecule has 0 amide bonds. The summed E-state index contributed by atoms with van der Waals surface area (Å²) in [5.41, 5.74) is 3.29. The molecular formula is C18H27N5O. The van der Waals surface area contributed by atoms with Crippen LogP contribution in [0.25, 0.3) is 11.3 Å². The van der Waals surface area contributed by atoms with Gasteiger partial charge in [0.15, 0.2) is 0 Å². The van der Waals surface area contributed by atoms with Gasteiger partial charge in [-0.1, -0.05) is 13.8 Å². The van der Waals surface area contributed by atoms with Crippen molar-refractivity contribution in [2.75, 3.05) is 32.8 Å². The Morgan fingerprint density at radius 2 is 2.12 bits per heavy atom. The Morgan fingerprint density at radius 1 is 1.29 bits per heavy atom. The molecule has 3 rings (SSSR count). The van der Waals surface area contributed by atoms with Gasteiger partial charge in [0.25, 0.3) is 0 Å². The Bertz CT molecular complexity index is 607. The first kappa shape index (κ1) is 17.1. The summed E-state index contributed by atoms with van der Waals surface area (Å²) in [4.78, 5) is 6.73. The van der Waals surface area contributed by atoms with Gasteiger partial charge in [0.05, 0.1) is 25.1 Å². The van der Waals surface area contributed by atoms with E-state index in [-0.39, 0.29) is 0 Å². The van der Waals surface area contributed by atoms with Crippen LogP contribution in [0.5, 0.6) is 0 Å². The highest BCUT2D eigenvalue weighted by Gasteiger charge is 2.23. The van der Waals surface area contributed by atoms with Crippen molar-refractivity contribution in [2.45, 2.75) is 26.4 Å². The molecule has 2 aromatic heterocycles. The quantitative estimate of drug-likeness (QED) is 0.812. The first-order valence-electron chi connectivity index (χ1n) is 8.71. The lowest BCUT2D eigenvalue weighted by atomic mass is 10.0. The second-order valence-electron chi connectivity index (χ2n) is 6.60. The van der Waals surface area contributed by atoms with Crippen LogP contribution in [-0.2, 0) is 11.3 Å². The topological polar surface area (TPSA) is 66.1 Å². The molecule has 2 aromatic rings. The van der Waals surface area contributed by atoms with Crippen LogP contribution in [0.2, 0.25) is 0 Å². The molecule has 0 saturated carbocycles. The average Bonchev–Trinajstić information content (AvgIpc) is 3.08. The van der Waals surface area contributed by atoms with Crippen molar-refractivity contribution < 1.29 is 4.74 Å². The fourth-order valence-corrected chi connectivity index (χ4v) is 3.26. The summed E-state index contributed by atoms with van der Waals surface area (Å²) < 4.78 is 5.48. The molecule has 0 aromatic carbocycles. The highest BCUT2D eigenvalue weighted by molar-refractivity contribution is 5.61. The lowest BCUT2D eigenvalue weighted by Crippen LogP contribution is -2.50. The van der Waals surface area contributed by atoms with Crippen LogP contribution in [0, 0.1) is 5.92 Å². The van der Waals surface area contributed by atoms with E-state index in [0.717, 1.165) is 50.7 Å². The third-order valence-electron chi connectivity index (χ3n) is 4.62. The normalized spacial score (nSPS) is 17.3. The van der Waals surface area contributed by atoms with Gasteiger partial charge < -0.3 is 10.1 Å². The summed E-state index contributed by atoms with van der Waals surface area (Å²) in [7, 11) is 0. The van der Waals surface area contributed by atoms with Crippen molar-refractivity contribution in [3.05, 3.63) is 36.3 Å². The van der Waals surface area contributed by atoms with E-state index < -0.39 is 0 Å².